The largest absolute Gasteiger partial charge is 0.493 e. The van der Waals surface area contributed by atoms with E-state index in [1.807, 2.05) is 86.6 Å². The monoisotopic (exact) mass is 1050 g/mol. The number of nitrogens with zero attached hydrogens (tertiary/aromatic N) is 8. The van der Waals surface area contributed by atoms with E-state index >= 15 is 8.78 Å². The third-order valence-electron chi connectivity index (χ3n) is 13.7. The van der Waals surface area contributed by atoms with Crippen LogP contribution in [0.1, 0.15) is 79.8 Å². The molecule has 1 fully saturated rings. The minimum atomic E-state index is -1.27. The number of methoxy groups -OCH3 is 1. The lowest BCUT2D eigenvalue weighted by molar-refractivity contribution is 0.0393. The number of aryl methyl sites for hydroxylation is 2. The van der Waals surface area contributed by atoms with E-state index in [1.54, 1.807) is 16.3 Å². The van der Waals surface area contributed by atoms with Crippen molar-refractivity contribution in [1.82, 2.24) is 39.8 Å². The summed E-state index contributed by atoms with van der Waals surface area (Å²) < 4.78 is 72.5. The predicted molar refractivity (Wildman–Crippen MR) is 272 cm³/mol. The van der Waals surface area contributed by atoms with Crippen molar-refractivity contribution >= 4 is 57.9 Å². The Morgan fingerprint density at radius 3 is 1.97 bits per heavy atom. The summed E-state index contributed by atoms with van der Waals surface area (Å²) in [6.45, 7) is 4.68. The van der Waals surface area contributed by atoms with Crippen LogP contribution in [0.4, 0.5) is 24.8 Å². The van der Waals surface area contributed by atoms with Crippen molar-refractivity contribution in [3.8, 4) is 39.5 Å². The Balaban J connectivity index is 0.949. The molecule has 0 aliphatic carbocycles. The number of hydrogen-bond donors (Lipinski definition) is 2. The van der Waals surface area contributed by atoms with Crippen LogP contribution < -0.4 is 34.6 Å². The molecule has 0 saturated carbocycles. The molecular formula is C53H47Cl2F3N10O6. The van der Waals surface area contributed by atoms with Crippen molar-refractivity contribution in [2.24, 2.45) is 0 Å². The maximum Gasteiger partial charge on any atom is 0.257 e. The van der Waals surface area contributed by atoms with Crippen molar-refractivity contribution in [2.45, 2.75) is 44.9 Å². The van der Waals surface area contributed by atoms with Gasteiger partial charge in [-0.15, -0.1) is 0 Å². The number of nitrogens with one attached hydrogen (secondary N) is 2. The number of carbonyl (C=O) groups excluding carboxylic acids is 2. The van der Waals surface area contributed by atoms with E-state index in [0.717, 1.165) is 24.0 Å². The number of rotatable bonds is 10. The molecule has 380 valence electrons. The van der Waals surface area contributed by atoms with Crippen LogP contribution in [0.5, 0.6) is 17.2 Å². The van der Waals surface area contributed by atoms with Crippen LogP contribution in [0, 0.1) is 31.3 Å². The molecule has 1 unspecified atom stereocenters. The molecule has 21 heteroatoms. The average Bonchev–Trinajstić information content (AvgIpc) is 3.91. The molecular weight excluding hydrogens is 1000 g/mol. The highest BCUT2D eigenvalue weighted by Crippen LogP contribution is 2.44. The van der Waals surface area contributed by atoms with Gasteiger partial charge in [-0.05, 0) is 26.0 Å². The summed E-state index contributed by atoms with van der Waals surface area (Å²) in [5.41, 5.74) is 4.30. The predicted octanol–water partition coefficient (Wildman–Crippen LogP) is 9.61. The fourth-order valence-corrected chi connectivity index (χ4v) is 10.9. The van der Waals surface area contributed by atoms with Gasteiger partial charge in [0.25, 0.3) is 11.8 Å². The standard InChI is InChI=1S/C53H47Cl2F3N10O6/c1-26-41(48-59-23-32(52(65(3)4)67(48)63-26)50(69)61-36-16-19-72-38-12-8-6-10-28(36)38)31-15-14-30(44(54)45(31)55)40-25-66(18-21-74-40)53-33(51(70)62-37-17-20-73-39-13-9-7-11-29(37)39)24-60-49-42(27(2)64-68(49)53)43-34(56)22-35(57)47(71-5)46(43)58/h6-15,22-24,36-37,40H,16-21,25H2,1-5H3,(H,61,69)(H,62,70)/t36-,37-,40?/m0/s1. The van der Waals surface area contributed by atoms with Crippen molar-refractivity contribution in [1.29, 1.82) is 0 Å². The van der Waals surface area contributed by atoms with Crippen molar-refractivity contribution in [3.63, 3.8) is 0 Å². The first-order valence-corrected chi connectivity index (χ1v) is 24.5. The second-order valence-corrected chi connectivity index (χ2v) is 19.1. The van der Waals surface area contributed by atoms with Gasteiger partial charge in [-0.1, -0.05) is 71.7 Å². The number of aromatic nitrogens is 6. The molecule has 3 aliphatic rings. The number of halogens is 5. The van der Waals surface area contributed by atoms with Crippen molar-refractivity contribution in [3.05, 3.63) is 146 Å². The minimum absolute atomic E-state index is 0.00181. The summed E-state index contributed by atoms with van der Waals surface area (Å²) in [5, 5.41) is 16.3. The molecule has 8 aromatic rings. The quantitative estimate of drug-likeness (QED) is 0.134. The van der Waals surface area contributed by atoms with E-state index in [1.165, 1.54) is 16.9 Å². The number of benzene rings is 4. The molecule has 2 N–H and O–H groups in total. The molecule has 2 amide bonds. The van der Waals surface area contributed by atoms with Gasteiger partial charge in [0.05, 0.1) is 77.1 Å². The molecule has 0 bridgehead atoms. The molecule has 4 aromatic carbocycles. The first-order chi connectivity index (χ1) is 35.7. The van der Waals surface area contributed by atoms with Gasteiger partial charge in [0, 0.05) is 80.7 Å². The van der Waals surface area contributed by atoms with Gasteiger partial charge in [-0.3, -0.25) is 9.59 Å². The number of para-hydroxylation sites is 2. The number of ether oxygens (including phenoxy) is 4. The van der Waals surface area contributed by atoms with Gasteiger partial charge in [0.1, 0.15) is 46.2 Å². The Morgan fingerprint density at radius 2 is 1.32 bits per heavy atom. The highest BCUT2D eigenvalue weighted by atomic mass is 35.5. The normalized spacial score (nSPS) is 17.3. The van der Waals surface area contributed by atoms with E-state index in [0.29, 0.717) is 77.3 Å². The zero-order chi connectivity index (χ0) is 51.7. The smallest absolute Gasteiger partial charge is 0.257 e. The Labute approximate surface area is 431 Å². The first-order valence-electron chi connectivity index (χ1n) is 23.8. The number of fused-ring (bicyclic) bond motifs is 4. The van der Waals surface area contributed by atoms with Crippen LogP contribution in [0.15, 0.2) is 79.1 Å². The molecule has 0 radical (unpaired) electrons. The molecule has 4 aromatic heterocycles. The van der Waals surface area contributed by atoms with Gasteiger partial charge in [-0.2, -0.15) is 19.2 Å². The molecule has 3 aliphatic heterocycles. The van der Waals surface area contributed by atoms with Crippen LogP contribution >= 0.6 is 23.2 Å². The fraction of sp³-hybridized carbons (Fsp3) is 0.283. The van der Waals surface area contributed by atoms with Gasteiger partial charge >= 0.3 is 0 Å². The number of carbonyl (C=O) groups is 2. The zero-order valence-electron chi connectivity index (χ0n) is 40.6. The highest BCUT2D eigenvalue weighted by Gasteiger charge is 2.35. The maximum atomic E-state index is 16.0. The van der Waals surface area contributed by atoms with Gasteiger partial charge in [0.2, 0.25) is 0 Å². The van der Waals surface area contributed by atoms with Crippen molar-refractivity contribution < 1.29 is 41.7 Å². The third kappa shape index (κ3) is 8.22. The summed E-state index contributed by atoms with van der Waals surface area (Å²) in [6, 6.07) is 18.6. The van der Waals surface area contributed by atoms with Gasteiger partial charge in [0.15, 0.2) is 28.7 Å². The minimum Gasteiger partial charge on any atom is -0.493 e. The number of anilines is 2. The Kier molecular flexibility index (Phi) is 12.7. The second-order valence-electron chi connectivity index (χ2n) is 18.4. The Hall–Kier alpha value is -7.61. The molecule has 11 rings (SSSR count). The van der Waals surface area contributed by atoms with Gasteiger partial charge in [-0.25, -0.2) is 23.1 Å². The van der Waals surface area contributed by atoms with Crippen molar-refractivity contribution in [2.75, 3.05) is 63.9 Å². The van der Waals surface area contributed by atoms with Crippen LogP contribution in [-0.2, 0) is 4.74 Å². The topological polar surface area (TPSA) is 162 Å². The third-order valence-corrected chi connectivity index (χ3v) is 14.6. The summed E-state index contributed by atoms with van der Waals surface area (Å²) >= 11 is 14.5. The van der Waals surface area contributed by atoms with Crippen LogP contribution in [-0.4, -0.2) is 95.1 Å². The van der Waals surface area contributed by atoms with E-state index in [-0.39, 0.29) is 70.0 Å². The van der Waals surface area contributed by atoms with E-state index in [4.69, 9.17) is 57.3 Å². The average molecular weight is 1050 g/mol. The van der Waals surface area contributed by atoms with Gasteiger partial charge < -0.3 is 39.4 Å². The first kappa shape index (κ1) is 48.6. The fourth-order valence-electron chi connectivity index (χ4n) is 10.3. The molecule has 3 atom stereocenters. The summed E-state index contributed by atoms with van der Waals surface area (Å²) in [5.74, 6) is -3.14. The van der Waals surface area contributed by atoms with E-state index in [2.05, 4.69) is 15.6 Å². The molecule has 0 spiro atoms. The number of amides is 2. The maximum absolute atomic E-state index is 16.0. The summed E-state index contributed by atoms with van der Waals surface area (Å²) in [4.78, 5) is 41.7. The lowest BCUT2D eigenvalue weighted by Crippen LogP contribution is -2.41. The van der Waals surface area contributed by atoms with Crippen LogP contribution in [0.3, 0.4) is 0 Å². The summed E-state index contributed by atoms with van der Waals surface area (Å²) in [7, 11) is 4.73. The molecule has 74 heavy (non-hydrogen) atoms. The van der Waals surface area contributed by atoms with Crippen LogP contribution in [0.25, 0.3) is 33.5 Å². The SMILES string of the molecule is COc1c(F)cc(F)c(-c2c(C)nn3c(N4CCOC(c5ccc(-c6c(C)nn7c(N(C)C)c(C(=O)N[C@H]8CCOc9ccccc98)cnc67)c(Cl)c5Cl)C4)c(C(=O)N[C@H]4CCOc5ccccc54)cnc23)c1F. The lowest BCUT2D eigenvalue weighted by Gasteiger charge is -2.36. The number of hydrogen-bond acceptors (Lipinski definition) is 12. The lowest BCUT2D eigenvalue weighted by atomic mass is 10.00. The summed E-state index contributed by atoms with van der Waals surface area (Å²) in [6.07, 6.45) is 3.23. The highest BCUT2D eigenvalue weighted by molar-refractivity contribution is 6.44. The Morgan fingerprint density at radius 1 is 0.730 bits per heavy atom. The van der Waals surface area contributed by atoms with Crippen LogP contribution in [0.2, 0.25) is 10.0 Å². The molecule has 16 nitrogen and oxygen atoms in total. The molecule has 1 saturated heterocycles. The molecule has 7 heterocycles. The second kappa shape index (κ2) is 19.3. The van der Waals surface area contributed by atoms with E-state index < -0.39 is 46.8 Å². The zero-order valence-corrected chi connectivity index (χ0v) is 42.1. The Bertz CT molecular complexity index is 3590. The van der Waals surface area contributed by atoms with E-state index in [9.17, 15) is 14.0 Å². The number of morpholine rings is 1.